The minimum atomic E-state index is -0.185. The molecule has 1 aromatic carbocycles. The zero-order valence-electron chi connectivity index (χ0n) is 12.2. The standard InChI is InChI=1S/C15H21N3O2/c1-4-5-6-12(16)15-17-14(18-20-15)11-7-8-13(19-3)10(2)9-11/h7-9,12H,4-6,16H2,1-3H3/t12-/m0/s1. The van der Waals surface area contributed by atoms with Gasteiger partial charge in [-0.3, -0.25) is 0 Å². The van der Waals surface area contributed by atoms with Crippen molar-refractivity contribution in [2.75, 3.05) is 7.11 Å². The molecule has 0 fully saturated rings. The van der Waals surface area contributed by atoms with Gasteiger partial charge < -0.3 is 15.0 Å². The number of unbranched alkanes of at least 4 members (excludes halogenated alkanes) is 1. The predicted octanol–water partition coefficient (Wildman–Crippen LogP) is 3.24. The summed E-state index contributed by atoms with van der Waals surface area (Å²) in [7, 11) is 1.65. The van der Waals surface area contributed by atoms with Gasteiger partial charge in [0, 0.05) is 5.56 Å². The van der Waals surface area contributed by atoms with Crippen LogP contribution in [0.15, 0.2) is 22.7 Å². The first kappa shape index (κ1) is 14.5. The molecule has 2 aromatic rings. The lowest BCUT2D eigenvalue weighted by Gasteiger charge is -2.05. The summed E-state index contributed by atoms with van der Waals surface area (Å²) < 4.78 is 10.5. The Morgan fingerprint density at radius 2 is 2.20 bits per heavy atom. The highest BCUT2D eigenvalue weighted by Gasteiger charge is 2.15. The van der Waals surface area contributed by atoms with Crippen molar-refractivity contribution in [2.45, 2.75) is 39.2 Å². The van der Waals surface area contributed by atoms with E-state index < -0.39 is 0 Å². The molecule has 0 unspecified atom stereocenters. The van der Waals surface area contributed by atoms with Crippen LogP contribution in [0.25, 0.3) is 11.4 Å². The molecule has 0 saturated carbocycles. The molecule has 2 rings (SSSR count). The third-order valence-corrected chi connectivity index (χ3v) is 3.28. The van der Waals surface area contributed by atoms with E-state index in [2.05, 4.69) is 17.1 Å². The first-order valence-electron chi connectivity index (χ1n) is 6.90. The number of aryl methyl sites for hydroxylation is 1. The van der Waals surface area contributed by atoms with Gasteiger partial charge in [-0.15, -0.1) is 0 Å². The van der Waals surface area contributed by atoms with Crippen molar-refractivity contribution < 1.29 is 9.26 Å². The first-order chi connectivity index (χ1) is 9.65. The van der Waals surface area contributed by atoms with Crippen molar-refractivity contribution in [2.24, 2.45) is 5.73 Å². The van der Waals surface area contributed by atoms with Crippen LogP contribution in [0.4, 0.5) is 0 Å². The van der Waals surface area contributed by atoms with E-state index in [1.54, 1.807) is 7.11 Å². The van der Waals surface area contributed by atoms with Crippen LogP contribution in [-0.2, 0) is 0 Å². The van der Waals surface area contributed by atoms with E-state index in [-0.39, 0.29) is 6.04 Å². The van der Waals surface area contributed by atoms with Gasteiger partial charge in [-0.2, -0.15) is 4.98 Å². The molecule has 20 heavy (non-hydrogen) atoms. The fraction of sp³-hybridized carbons (Fsp3) is 0.467. The van der Waals surface area contributed by atoms with E-state index in [0.29, 0.717) is 11.7 Å². The van der Waals surface area contributed by atoms with Crippen LogP contribution < -0.4 is 10.5 Å². The molecular weight excluding hydrogens is 254 g/mol. The van der Waals surface area contributed by atoms with Gasteiger partial charge in [-0.1, -0.05) is 24.9 Å². The van der Waals surface area contributed by atoms with Crippen molar-refractivity contribution in [1.82, 2.24) is 10.1 Å². The van der Waals surface area contributed by atoms with Crippen molar-refractivity contribution in [3.8, 4) is 17.1 Å². The van der Waals surface area contributed by atoms with Crippen molar-refractivity contribution >= 4 is 0 Å². The minimum absolute atomic E-state index is 0.185. The number of benzene rings is 1. The van der Waals surface area contributed by atoms with Crippen LogP contribution in [0.1, 0.15) is 43.7 Å². The quantitative estimate of drug-likeness (QED) is 0.876. The monoisotopic (exact) mass is 275 g/mol. The molecular formula is C15H21N3O2. The highest BCUT2D eigenvalue weighted by molar-refractivity contribution is 5.58. The molecule has 0 spiro atoms. The van der Waals surface area contributed by atoms with Crippen LogP contribution in [0, 0.1) is 6.92 Å². The Balaban J connectivity index is 2.18. The zero-order chi connectivity index (χ0) is 14.5. The molecule has 1 heterocycles. The van der Waals surface area contributed by atoms with E-state index in [1.165, 1.54) is 0 Å². The average molecular weight is 275 g/mol. The maximum absolute atomic E-state index is 6.03. The summed E-state index contributed by atoms with van der Waals surface area (Å²) >= 11 is 0. The van der Waals surface area contributed by atoms with Crippen LogP contribution >= 0.6 is 0 Å². The highest BCUT2D eigenvalue weighted by Crippen LogP contribution is 2.25. The molecule has 0 aliphatic rings. The number of ether oxygens (including phenoxy) is 1. The molecule has 0 aliphatic heterocycles. The third kappa shape index (κ3) is 3.17. The van der Waals surface area contributed by atoms with Crippen molar-refractivity contribution in [1.29, 1.82) is 0 Å². The maximum Gasteiger partial charge on any atom is 0.243 e. The molecule has 0 amide bonds. The normalized spacial score (nSPS) is 12.4. The predicted molar refractivity (Wildman–Crippen MR) is 77.5 cm³/mol. The summed E-state index contributed by atoms with van der Waals surface area (Å²) in [5.74, 6) is 1.91. The Kier molecular flexibility index (Phi) is 4.74. The number of rotatable bonds is 6. The van der Waals surface area contributed by atoms with Crippen LogP contribution in [0.3, 0.4) is 0 Å². The van der Waals surface area contributed by atoms with Gasteiger partial charge >= 0.3 is 0 Å². The van der Waals surface area contributed by atoms with Crippen molar-refractivity contribution in [3.05, 3.63) is 29.7 Å². The van der Waals surface area contributed by atoms with Gasteiger partial charge in [0.05, 0.1) is 13.2 Å². The second-order valence-corrected chi connectivity index (χ2v) is 4.89. The van der Waals surface area contributed by atoms with Gasteiger partial charge in [0.25, 0.3) is 0 Å². The molecule has 0 saturated heterocycles. The molecule has 5 nitrogen and oxygen atoms in total. The van der Waals surface area contributed by atoms with Gasteiger partial charge in [0.15, 0.2) is 0 Å². The number of aromatic nitrogens is 2. The lowest BCUT2D eigenvalue weighted by molar-refractivity contribution is 0.346. The highest BCUT2D eigenvalue weighted by atomic mass is 16.5. The van der Waals surface area contributed by atoms with Crippen molar-refractivity contribution in [3.63, 3.8) is 0 Å². The molecule has 0 radical (unpaired) electrons. The Labute approximate surface area is 119 Å². The summed E-state index contributed by atoms with van der Waals surface area (Å²) in [5, 5.41) is 4.01. The topological polar surface area (TPSA) is 74.2 Å². The Morgan fingerprint density at radius 3 is 2.85 bits per heavy atom. The summed E-state index contributed by atoms with van der Waals surface area (Å²) in [6.07, 6.45) is 3.02. The Bertz CT molecular complexity index is 566. The lowest BCUT2D eigenvalue weighted by atomic mass is 10.1. The molecule has 0 aliphatic carbocycles. The third-order valence-electron chi connectivity index (χ3n) is 3.28. The molecule has 0 bridgehead atoms. The zero-order valence-corrected chi connectivity index (χ0v) is 12.2. The van der Waals surface area contributed by atoms with Gasteiger partial charge in [-0.05, 0) is 37.1 Å². The van der Waals surface area contributed by atoms with E-state index >= 15 is 0 Å². The SMILES string of the molecule is CCCC[C@H](N)c1nc(-c2ccc(OC)c(C)c2)no1. The van der Waals surface area contributed by atoms with Crippen LogP contribution in [-0.4, -0.2) is 17.3 Å². The lowest BCUT2D eigenvalue weighted by Crippen LogP contribution is -2.10. The van der Waals surface area contributed by atoms with E-state index in [0.717, 1.165) is 36.1 Å². The number of hydrogen-bond acceptors (Lipinski definition) is 5. The molecule has 108 valence electrons. The van der Waals surface area contributed by atoms with E-state index in [9.17, 15) is 0 Å². The summed E-state index contributed by atoms with van der Waals surface area (Å²) in [5.41, 5.74) is 7.97. The fourth-order valence-corrected chi connectivity index (χ4v) is 2.07. The average Bonchev–Trinajstić information content (AvgIpc) is 2.94. The first-order valence-corrected chi connectivity index (χ1v) is 6.90. The number of nitrogens with zero attached hydrogens (tertiary/aromatic N) is 2. The summed E-state index contributed by atoms with van der Waals surface area (Å²) in [6.45, 7) is 4.11. The van der Waals surface area contributed by atoms with Gasteiger partial charge in [0.2, 0.25) is 11.7 Å². The second-order valence-electron chi connectivity index (χ2n) is 4.89. The maximum atomic E-state index is 6.03. The summed E-state index contributed by atoms with van der Waals surface area (Å²) in [4.78, 5) is 4.39. The molecule has 2 N–H and O–H groups in total. The fourth-order valence-electron chi connectivity index (χ4n) is 2.07. The largest absolute Gasteiger partial charge is 0.496 e. The van der Waals surface area contributed by atoms with Crippen LogP contribution in [0.2, 0.25) is 0 Å². The number of hydrogen-bond donors (Lipinski definition) is 1. The number of nitrogens with two attached hydrogens (primary N) is 1. The smallest absolute Gasteiger partial charge is 0.243 e. The van der Waals surface area contributed by atoms with Crippen LogP contribution in [0.5, 0.6) is 5.75 Å². The molecule has 1 aromatic heterocycles. The minimum Gasteiger partial charge on any atom is -0.496 e. The van der Waals surface area contributed by atoms with Gasteiger partial charge in [0.1, 0.15) is 5.75 Å². The van der Waals surface area contributed by atoms with E-state index in [4.69, 9.17) is 15.0 Å². The Hall–Kier alpha value is -1.88. The summed E-state index contributed by atoms with van der Waals surface area (Å²) in [6, 6.07) is 5.61. The molecule has 1 atom stereocenters. The second kappa shape index (κ2) is 6.52. The van der Waals surface area contributed by atoms with Gasteiger partial charge in [-0.25, -0.2) is 0 Å². The Morgan fingerprint density at radius 1 is 1.40 bits per heavy atom. The number of methoxy groups -OCH3 is 1. The molecule has 5 heteroatoms. The van der Waals surface area contributed by atoms with E-state index in [1.807, 2.05) is 25.1 Å².